The molecule has 4 heteroatoms. The fourth-order valence-corrected chi connectivity index (χ4v) is 0.459. The van der Waals surface area contributed by atoms with Gasteiger partial charge in [0.2, 0.25) is 0 Å². The van der Waals surface area contributed by atoms with Crippen molar-refractivity contribution in [1.29, 1.82) is 0 Å². The van der Waals surface area contributed by atoms with Crippen molar-refractivity contribution in [1.82, 2.24) is 0 Å². The predicted molar refractivity (Wildman–Crippen MR) is 42.2 cm³/mol. The van der Waals surface area contributed by atoms with Crippen LogP contribution in [0.2, 0.25) is 0 Å². The van der Waals surface area contributed by atoms with Gasteiger partial charge in [0, 0.05) is 6.42 Å². The van der Waals surface area contributed by atoms with E-state index < -0.39 is 11.9 Å². The van der Waals surface area contributed by atoms with Gasteiger partial charge in [0.05, 0.1) is 7.11 Å². The molecule has 0 aromatic carbocycles. The number of esters is 2. The van der Waals surface area contributed by atoms with Crippen molar-refractivity contribution in [2.24, 2.45) is 0 Å². The summed E-state index contributed by atoms with van der Waals surface area (Å²) in [5, 5.41) is 0. The molecule has 0 atom stereocenters. The van der Waals surface area contributed by atoms with E-state index in [9.17, 15) is 9.59 Å². The molecule has 0 aliphatic carbocycles. The number of rotatable bonds is 4. The summed E-state index contributed by atoms with van der Waals surface area (Å²) in [7, 11) is 1.21. The van der Waals surface area contributed by atoms with Crippen LogP contribution in [0.3, 0.4) is 0 Å². The first-order valence-electron chi connectivity index (χ1n) is 3.55. The van der Waals surface area contributed by atoms with E-state index in [1.54, 1.807) is 6.92 Å². The Bertz CT molecular complexity index is 175. The molecular weight excluding hydrogens is 160 g/mol. The molecule has 0 spiro atoms. The summed E-state index contributed by atoms with van der Waals surface area (Å²) in [5.74, 6) is -0.887. The van der Waals surface area contributed by atoms with Gasteiger partial charge >= 0.3 is 11.9 Å². The van der Waals surface area contributed by atoms with E-state index in [4.69, 9.17) is 0 Å². The first-order valence-corrected chi connectivity index (χ1v) is 3.55. The van der Waals surface area contributed by atoms with Crippen LogP contribution in [-0.2, 0) is 19.1 Å². The van der Waals surface area contributed by atoms with Gasteiger partial charge in [-0.1, -0.05) is 13.5 Å². The van der Waals surface area contributed by atoms with Crippen molar-refractivity contribution in [3.8, 4) is 0 Å². The minimum absolute atomic E-state index is 0.351. The number of methoxy groups -OCH3 is 1. The number of hydrogen-bond acceptors (Lipinski definition) is 4. The third kappa shape index (κ3) is 4.49. The molecule has 68 valence electrons. The number of carbonyl (C=O) groups is 2. The van der Waals surface area contributed by atoms with Gasteiger partial charge in [0.25, 0.3) is 0 Å². The Morgan fingerprint density at radius 1 is 1.33 bits per heavy atom. The van der Waals surface area contributed by atoms with E-state index in [2.05, 4.69) is 16.1 Å². The van der Waals surface area contributed by atoms with E-state index in [1.807, 2.05) is 0 Å². The van der Waals surface area contributed by atoms with E-state index in [-0.39, 0.29) is 6.42 Å². The zero-order chi connectivity index (χ0) is 9.56. The maximum absolute atomic E-state index is 10.8. The van der Waals surface area contributed by atoms with Crippen LogP contribution in [0.5, 0.6) is 0 Å². The first kappa shape index (κ1) is 10.7. The van der Waals surface area contributed by atoms with Crippen molar-refractivity contribution >= 4 is 11.9 Å². The molecule has 0 amide bonds. The van der Waals surface area contributed by atoms with E-state index in [1.165, 1.54) is 7.11 Å². The second-order valence-electron chi connectivity index (χ2n) is 2.12. The molecule has 12 heavy (non-hydrogen) atoms. The average Bonchev–Trinajstić information content (AvgIpc) is 2.03. The SMILES string of the molecule is C=C(CC)OC(=O)CC(=O)OC. The summed E-state index contributed by atoms with van der Waals surface area (Å²) in [6.07, 6.45) is 0.183. The van der Waals surface area contributed by atoms with E-state index in [0.717, 1.165) is 0 Å². The van der Waals surface area contributed by atoms with Gasteiger partial charge in [0.15, 0.2) is 0 Å². The van der Waals surface area contributed by atoms with E-state index >= 15 is 0 Å². The molecular formula is C8H12O4. The van der Waals surface area contributed by atoms with Crippen molar-refractivity contribution in [2.45, 2.75) is 19.8 Å². The van der Waals surface area contributed by atoms with Crippen molar-refractivity contribution < 1.29 is 19.1 Å². The van der Waals surface area contributed by atoms with E-state index in [0.29, 0.717) is 12.2 Å². The molecule has 0 radical (unpaired) electrons. The summed E-state index contributed by atoms with van der Waals surface area (Å²) >= 11 is 0. The second kappa shape index (κ2) is 5.35. The lowest BCUT2D eigenvalue weighted by atomic mass is 10.4. The Morgan fingerprint density at radius 2 is 1.92 bits per heavy atom. The third-order valence-corrected chi connectivity index (χ3v) is 1.17. The molecule has 0 rings (SSSR count). The second-order valence-corrected chi connectivity index (χ2v) is 2.12. The van der Waals surface area contributed by atoms with Crippen LogP contribution in [-0.4, -0.2) is 19.0 Å². The van der Waals surface area contributed by atoms with Crippen molar-refractivity contribution in [3.63, 3.8) is 0 Å². The summed E-state index contributed by atoms with van der Waals surface area (Å²) in [4.78, 5) is 21.3. The van der Waals surface area contributed by atoms with Gasteiger partial charge < -0.3 is 9.47 Å². The maximum atomic E-state index is 10.8. The molecule has 4 nitrogen and oxygen atoms in total. The zero-order valence-corrected chi connectivity index (χ0v) is 7.25. The molecule has 0 saturated carbocycles. The van der Waals surface area contributed by atoms with Gasteiger partial charge in [0.1, 0.15) is 12.2 Å². The van der Waals surface area contributed by atoms with Crippen LogP contribution >= 0.6 is 0 Å². The summed E-state index contributed by atoms with van der Waals surface area (Å²) in [5.41, 5.74) is 0. The number of carbonyl (C=O) groups excluding carboxylic acids is 2. The maximum Gasteiger partial charge on any atom is 0.322 e. The van der Waals surface area contributed by atoms with Gasteiger partial charge in [-0.05, 0) is 0 Å². The van der Waals surface area contributed by atoms with Crippen molar-refractivity contribution in [2.75, 3.05) is 7.11 Å². The predicted octanol–water partition coefficient (Wildman–Crippen LogP) is 1.02. The smallest absolute Gasteiger partial charge is 0.322 e. The number of allylic oxidation sites excluding steroid dienone is 1. The van der Waals surface area contributed by atoms with Crippen LogP contribution in [0.1, 0.15) is 19.8 Å². The average molecular weight is 172 g/mol. The fourth-order valence-electron chi connectivity index (χ4n) is 0.459. The molecule has 0 aromatic rings. The quantitative estimate of drug-likeness (QED) is 0.361. The third-order valence-electron chi connectivity index (χ3n) is 1.17. The minimum Gasteiger partial charge on any atom is -0.469 e. The minimum atomic E-state index is -0.631. The topological polar surface area (TPSA) is 52.6 Å². The van der Waals surface area contributed by atoms with Gasteiger partial charge in [-0.3, -0.25) is 9.59 Å². The number of ether oxygens (including phenoxy) is 2. The van der Waals surface area contributed by atoms with Gasteiger partial charge in [-0.15, -0.1) is 0 Å². The Labute approximate surface area is 71.2 Å². The zero-order valence-electron chi connectivity index (χ0n) is 7.25. The Kier molecular flexibility index (Phi) is 4.76. The monoisotopic (exact) mass is 172 g/mol. The normalized spacial score (nSPS) is 8.83. The summed E-state index contributed by atoms with van der Waals surface area (Å²) in [6, 6.07) is 0. The molecule has 0 aliphatic rings. The van der Waals surface area contributed by atoms with Crippen LogP contribution in [0.15, 0.2) is 12.3 Å². The van der Waals surface area contributed by atoms with Gasteiger partial charge in [-0.25, -0.2) is 0 Å². The molecule has 0 heterocycles. The van der Waals surface area contributed by atoms with Crippen LogP contribution in [0, 0.1) is 0 Å². The molecule has 0 unspecified atom stereocenters. The first-order chi connectivity index (χ1) is 5.60. The summed E-state index contributed by atoms with van der Waals surface area (Å²) < 4.78 is 8.90. The van der Waals surface area contributed by atoms with Crippen LogP contribution in [0.4, 0.5) is 0 Å². The lowest BCUT2D eigenvalue weighted by Crippen LogP contribution is -2.11. The largest absolute Gasteiger partial charge is 0.469 e. The highest BCUT2D eigenvalue weighted by atomic mass is 16.5. The fraction of sp³-hybridized carbons (Fsp3) is 0.500. The highest BCUT2D eigenvalue weighted by Crippen LogP contribution is 2.01. The highest BCUT2D eigenvalue weighted by Gasteiger charge is 2.11. The summed E-state index contributed by atoms with van der Waals surface area (Å²) in [6.45, 7) is 5.25. The molecule has 0 bridgehead atoms. The Morgan fingerprint density at radius 3 is 2.33 bits per heavy atom. The van der Waals surface area contributed by atoms with Crippen LogP contribution in [0.25, 0.3) is 0 Å². The van der Waals surface area contributed by atoms with Gasteiger partial charge in [-0.2, -0.15) is 0 Å². The Hall–Kier alpha value is -1.32. The molecule has 0 aromatic heterocycles. The lowest BCUT2D eigenvalue weighted by molar-refractivity contribution is -0.150. The number of hydrogen-bond donors (Lipinski definition) is 0. The lowest BCUT2D eigenvalue weighted by Gasteiger charge is -2.03. The Balaban J connectivity index is 3.74. The molecule has 0 N–H and O–H groups in total. The molecule has 0 aliphatic heterocycles. The van der Waals surface area contributed by atoms with Crippen LogP contribution < -0.4 is 0 Å². The standard InChI is InChI=1S/C8H12O4/c1-4-6(2)12-8(10)5-7(9)11-3/h2,4-5H2,1,3H3. The van der Waals surface area contributed by atoms with Crippen molar-refractivity contribution in [3.05, 3.63) is 12.3 Å². The highest BCUT2D eigenvalue weighted by molar-refractivity contribution is 5.91. The molecule has 0 saturated heterocycles. The molecule has 0 fully saturated rings.